The van der Waals surface area contributed by atoms with Crippen molar-refractivity contribution in [2.24, 2.45) is 0 Å². The molecule has 0 N–H and O–H groups in total. The highest BCUT2D eigenvalue weighted by Crippen LogP contribution is 2.32. The molecule has 1 aromatic heterocycles. The summed E-state index contributed by atoms with van der Waals surface area (Å²) >= 11 is 11.8. The Balaban J connectivity index is 2.20. The van der Waals surface area contributed by atoms with Crippen molar-refractivity contribution in [2.45, 2.75) is 18.7 Å². The van der Waals surface area contributed by atoms with Crippen LogP contribution in [-0.2, 0) is 6.42 Å². The summed E-state index contributed by atoms with van der Waals surface area (Å²) in [4.78, 5) is 1.33. The van der Waals surface area contributed by atoms with Gasteiger partial charge in [-0.2, -0.15) is 0 Å². The number of hydrogen-bond acceptors (Lipinski definition) is 1. The van der Waals surface area contributed by atoms with Crippen molar-refractivity contribution in [3.05, 3.63) is 56.2 Å². The maximum Gasteiger partial charge on any atom is 0.0644 e. The minimum Gasteiger partial charge on any atom is -0.149 e. The molecule has 1 aromatic carbocycles. The monoisotopic (exact) mass is 314 g/mol. The summed E-state index contributed by atoms with van der Waals surface area (Å²) in [5, 5.41) is 2.12. The Morgan fingerprint density at radius 3 is 2.88 bits per heavy atom. The molecule has 0 aliphatic heterocycles. The first kappa shape index (κ1) is 12.2. The van der Waals surface area contributed by atoms with Crippen LogP contribution in [0.25, 0.3) is 0 Å². The van der Waals surface area contributed by atoms with E-state index in [1.165, 1.54) is 16.0 Å². The molecule has 84 valence electrons. The van der Waals surface area contributed by atoms with Gasteiger partial charge < -0.3 is 0 Å². The standard InChI is InChI=1S/C13H12BrClS/c1-9-4-5-12(14)11(7-9)13(15)8-10-3-2-6-16-10/h2-7,13H,8H2,1H3. The lowest BCUT2D eigenvalue weighted by molar-refractivity contribution is 0.929. The van der Waals surface area contributed by atoms with Crippen LogP contribution in [0.1, 0.15) is 21.4 Å². The molecule has 16 heavy (non-hydrogen) atoms. The zero-order valence-electron chi connectivity index (χ0n) is 8.91. The lowest BCUT2D eigenvalue weighted by Crippen LogP contribution is -1.96. The topological polar surface area (TPSA) is 0 Å². The van der Waals surface area contributed by atoms with Gasteiger partial charge in [-0.1, -0.05) is 39.7 Å². The fraction of sp³-hybridized carbons (Fsp3) is 0.231. The molecule has 0 radical (unpaired) electrons. The summed E-state index contributed by atoms with van der Waals surface area (Å²) in [6, 6.07) is 10.5. The zero-order chi connectivity index (χ0) is 11.5. The quantitative estimate of drug-likeness (QED) is 0.670. The summed E-state index contributed by atoms with van der Waals surface area (Å²) in [6.45, 7) is 2.09. The number of alkyl halides is 1. The van der Waals surface area contributed by atoms with Crippen LogP contribution in [0.3, 0.4) is 0 Å². The van der Waals surface area contributed by atoms with Crippen molar-refractivity contribution >= 4 is 38.9 Å². The molecular formula is C13H12BrClS. The van der Waals surface area contributed by atoms with E-state index in [0.29, 0.717) is 0 Å². The normalized spacial score (nSPS) is 12.7. The summed E-state index contributed by atoms with van der Waals surface area (Å²) in [5.41, 5.74) is 2.42. The molecule has 1 unspecified atom stereocenters. The van der Waals surface area contributed by atoms with Gasteiger partial charge in [0.05, 0.1) is 5.38 Å². The fourth-order valence-electron chi connectivity index (χ4n) is 1.62. The Morgan fingerprint density at radius 1 is 1.38 bits per heavy atom. The van der Waals surface area contributed by atoms with Crippen LogP contribution in [0, 0.1) is 6.92 Å². The van der Waals surface area contributed by atoms with E-state index in [9.17, 15) is 0 Å². The van der Waals surface area contributed by atoms with Crippen molar-refractivity contribution in [1.29, 1.82) is 0 Å². The van der Waals surface area contributed by atoms with Gasteiger partial charge in [-0.3, -0.25) is 0 Å². The minimum atomic E-state index is 0.0351. The Hall–Kier alpha value is -0.310. The highest BCUT2D eigenvalue weighted by molar-refractivity contribution is 9.10. The molecule has 0 bridgehead atoms. The summed E-state index contributed by atoms with van der Waals surface area (Å²) in [5.74, 6) is 0. The lowest BCUT2D eigenvalue weighted by Gasteiger charge is -2.11. The Morgan fingerprint density at radius 2 is 2.19 bits per heavy atom. The summed E-state index contributed by atoms with van der Waals surface area (Å²) in [7, 11) is 0. The molecule has 0 fully saturated rings. The highest BCUT2D eigenvalue weighted by Gasteiger charge is 2.12. The maximum atomic E-state index is 6.45. The van der Waals surface area contributed by atoms with E-state index < -0.39 is 0 Å². The molecule has 0 spiro atoms. The zero-order valence-corrected chi connectivity index (χ0v) is 12.1. The largest absolute Gasteiger partial charge is 0.149 e. The fourth-order valence-corrected chi connectivity index (χ4v) is 3.46. The lowest BCUT2D eigenvalue weighted by atomic mass is 10.1. The maximum absolute atomic E-state index is 6.45. The van der Waals surface area contributed by atoms with Gasteiger partial charge >= 0.3 is 0 Å². The molecule has 0 saturated heterocycles. The van der Waals surface area contributed by atoms with E-state index in [2.05, 4.69) is 58.6 Å². The van der Waals surface area contributed by atoms with E-state index in [4.69, 9.17) is 11.6 Å². The number of aryl methyl sites for hydroxylation is 1. The van der Waals surface area contributed by atoms with Gasteiger partial charge in [-0.25, -0.2) is 0 Å². The molecule has 0 aliphatic carbocycles. The second kappa shape index (κ2) is 5.35. The smallest absolute Gasteiger partial charge is 0.0644 e. The molecule has 3 heteroatoms. The predicted octanol–water partition coefficient (Wildman–Crippen LogP) is 5.34. The van der Waals surface area contributed by atoms with Gasteiger partial charge in [-0.15, -0.1) is 22.9 Å². The van der Waals surface area contributed by atoms with Gasteiger partial charge in [0.1, 0.15) is 0 Å². The Labute approximate surface area is 113 Å². The summed E-state index contributed by atoms with van der Waals surface area (Å²) < 4.78 is 1.09. The Kier molecular flexibility index (Phi) is 4.06. The predicted molar refractivity (Wildman–Crippen MR) is 75.5 cm³/mol. The number of thiophene rings is 1. The third kappa shape index (κ3) is 2.88. The number of benzene rings is 1. The van der Waals surface area contributed by atoms with E-state index in [1.807, 2.05) is 0 Å². The van der Waals surface area contributed by atoms with Gasteiger partial charge in [0, 0.05) is 15.8 Å². The first-order valence-electron chi connectivity index (χ1n) is 5.09. The van der Waals surface area contributed by atoms with Crippen LogP contribution in [0.2, 0.25) is 0 Å². The van der Waals surface area contributed by atoms with Gasteiger partial charge in [0.15, 0.2) is 0 Å². The number of rotatable bonds is 3. The highest BCUT2D eigenvalue weighted by atomic mass is 79.9. The van der Waals surface area contributed by atoms with Crippen LogP contribution in [0.5, 0.6) is 0 Å². The van der Waals surface area contributed by atoms with Gasteiger partial charge in [0.25, 0.3) is 0 Å². The molecule has 1 atom stereocenters. The average Bonchev–Trinajstić information content (AvgIpc) is 2.74. The number of halogens is 2. The molecule has 0 nitrogen and oxygen atoms in total. The molecule has 0 aliphatic rings. The summed E-state index contributed by atoms with van der Waals surface area (Å²) in [6.07, 6.45) is 0.890. The van der Waals surface area contributed by atoms with Crippen molar-refractivity contribution in [1.82, 2.24) is 0 Å². The minimum absolute atomic E-state index is 0.0351. The van der Waals surface area contributed by atoms with Crippen LogP contribution in [0.15, 0.2) is 40.2 Å². The van der Waals surface area contributed by atoms with Gasteiger partial charge in [-0.05, 0) is 30.0 Å². The molecular weight excluding hydrogens is 304 g/mol. The number of hydrogen-bond donors (Lipinski definition) is 0. The second-order valence-corrected chi connectivity index (χ2v) is 6.19. The molecule has 0 amide bonds. The molecule has 2 rings (SSSR count). The van der Waals surface area contributed by atoms with Crippen LogP contribution < -0.4 is 0 Å². The van der Waals surface area contributed by atoms with Crippen molar-refractivity contribution in [3.63, 3.8) is 0 Å². The molecule has 2 aromatic rings. The van der Waals surface area contributed by atoms with E-state index in [-0.39, 0.29) is 5.38 Å². The Bertz CT molecular complexity index is 465. The SMILES string of the molecule is Cc1ccc(Br)c(C(Cl)Cc2cccs2)c1. The van der Waals surface area contributed by atoms with E-state index in [1.54, 1.807) is 11.3 Å². The van der Waals surface area contributed by atoms with Crippen LogP contribution in [-0.4, -0.2) is 0 Å². The van der Waals surface area contributed by atoms with Crippen molar-refractivity contribution in [2.75, 3.05) is 0 Å². The second-order valence-electron chi connectivity index (χ2n) is 3.78. The van der Waals surface area contributed by atoms with E-state index in [0.717, 1.165) is 10.9 Å². The third-order valence-electron chi connectivity index (χ3n) is 2.45. The van der Waals surface area contributed by atoms with Crippen molar-refractivity contribution in [3.8, 4) is 0 Å². The van der Waals surface area contributed by atoms with Crippen molar-refractivity contribution < 1.29 is 0 Å². The molecule has 0 saturated carbocycles. The third-order valence-corrected chi connectivity index (χ3v) is 4.46. The van der Waals surface area contributed by atoms with E-state index >= 15 is 0 Å². The first-order chi connectivity index (χ1) is 7.66. The van der Waals surface area contributed by atoms with Crippen LogP contribution in [0.4, 0.5) is 0 Å². The average molecular weight is 316 g/mol. The first-order valence-corrected chi connectivity index (χ1v) is 7.20. The van der Waals surface area contributed by atoms with Crippen LogP contribution >= 0.6 is 38.9 Å². The van der Waals surface area contributed by atoms with Gasteiger partial charge in [0.2, 0.25) is 0 Å². The molecule has 1 heterocycles.